The van der Waals surface area contributed by atoms with Crippen LogP contribution in [0.15, 0.2) is 54.7 Å². The van der Waals surface area contributed by atoms with Crippen molar-refractivity contribution >= 4 is 17.6 Å². The lowest BCUT2D eigenvalue weighted by Gasteiger charge is -2.21. The summed E-state index contributed by atoms with van der Waals surface area (Å²) in [6, 6.07) is 15.2. The molecule has 0 spiro atoms. The van der Waals surface area contributed by atoms with Crippen molar-refractivity contribution in [1.82, 2.24) is 20.3 Å². The fraction of sp³-hybridized carbons (Fsp3) is 0.286. The monoisotopic (exact) mass is 412 g/mol. The zero-order chi connectivity index (χ0) is 20.4. The van der Waals surface area contributed by atoms with Crippen molar-refractivity contribution in [3.05, 3.63) is 65.3 Å². The number of aliphatic hydroxyl groups is 1. The normalized spacial score (nSPS) is 21.3. The van der Waals surface area contributed by atoms with E-state index in [1.165, 1.54) is 6.92 Å². The summed E-state index contributed by atoms with van der Waals surface area (Å²) in [5.41, 5.74) is 3.67. The molecule has 2 aromatic carbocycles. The minimum absolute atomic E-state index is 0.120. The second kappa shape index (κ2) is 8.32. The number of aromatic nitrogens is 3. The molecule has 1 saturated heterocycles. The molecule has 0 aliphatic carbocycles. The summed E-state index contributed by atoms with van der Waals surface area (Å²) in [5, 5.41) is 22.3. The molecule has 29 heavy (non-hydrogen) atoms. The first-order chi connectivity index (χ1) is 14.0. The van der Waals surface area contributed by atoms with Gasteiger partial charge in [0.25, 0.3) is 0 Å². The molecular weight excluding hydrogens is 392 g/mol. The molecule has 7 nitrogen and oxygen atoms in total. The lowest BCUT2D eigenvalue weighted by atomic mass is 10.00. The molecule has 2 N–H and O–H groups in total. The Morgan fingerprint density at radius 2 is 1.97 bits per heavy atom. The van der Waals surface area contributed by atoms with Gasteiger partial charge in [-0.05, 0) is 36.2 Å². The maximum atomic E-state index is 11.3. The summed E-state index contributed by atoms with van der Waals surface area (Å²) >= 11 is 5.93. The van der Waals surface area contributed by atoms with Crippen LogP contribution in [0.5, 0.6) is 0 Å². The van der Waals surface area contributed by atoms with Gasteiger partial charge in [-0.3, -0.25) is 4.79 Å². The van der Waals surface area contributed by atoms with E-state index in [0.29, 0.717) is 18.0 Å². The maximum Gasteiger partial charge on any atom is 0.303 e. The number of ether oxygens (including phenoxy) is 1. The smallest absolute Gasteiger partial charge is 0.303 e. The molecule has 0 bridgehead atoms. The average Bonchev–Trinajstić information content (AvgIpc) is 3.32. The number of nitrogens with zero attached hydrogens (tertiary/aromatic N) is 3. The number of hydrogen-bond donors (Lipinski definition) is 2. The number of halogens is 1. The first-order valence-corrected chi connectivity index (χ1v) is 9.73. The minimum Gasteiger partial charge on any atom is -0.458 e. The molecule has 1 aliphatic rings. The van der Waals surface area contributed by atoms with Gasteiger partial charge in [0.2, 0.25) is 0 Å². The SMILES string of the molecule is CC(=O)O[C@@H]1[C@@H](O)CN[C@@H]1Cc1ccc(-c2cn(-c3ccc(Cl)cc3)nn2)cc1. The van der Waals surface area contributed by atoms with E-state index in [9.17, 15) is 9.90 Å². The summed E-state index contributed by atoms with van der Waals surface area (Å²) in [7, 11) is 0. The summed E-state index contributed by atoms with van der Waals surface area (Å²) in [6.45, 7) is 1.77. The standard InChI is InChI=1S/C21H21ClN4O3/c1-13(27)29-21-18(23-11-20(21)28)10-14-2-4-15(5-3-14)19-12-26(25-24-19)17-8-6-16(22)7-9-17/h2-9,12,18,20-21,23,28H,10-11H2,1H3/t18-,20+,21+/m1/s1. The van der Waals surface area contributed by atoms with Gasteiger partial charge in [-0.1, -0.05) is 41.1 Å². The Morgan fingerprint density at radius 1 is 1.24 bits per heavy atom. The Bertz CT molecular complexity index is 988. The summed E-state index contributed by atoms with van der Waals surface area (Å²) in [5.74, 6) is -0.387. The number of β-amino-alcohol motifs (C(OH)–C–C–N with tert-alkyl or cyclic N) is 1. The van der Waals surface area contributed by atoms with Gasteiger partial charge in [-0.25, -0.2) is 4.68 Å². The molecule has 8 heteroatoms. The number of benzene rings is 2. The van der Waals surface area contributed by atoms with Crippen LogP contribution in [0.3, 0.4) is 0 Å². The number of carbonyl (C=O) groups excluding carboxylic acids is 1. The third-order valence-electron chi connectivity index (χ3n) is 4.96. The maximum absolute atomic E-state index is 11.3. The van der Waals surface area contributed by atoms with Crippen LogP contribution in [0, 0.1) is 0 Å². The van der Waals surface area contributed by atoms with Crippen molar-refractivity contribution in [1.29, 1.82) is 0 Å². The van der Waals surface area contributed by atoms with Gasteiger partial charge < -0.3 is 15.2 Å². The molecule has 1 aromatic heterocycles. The van der Waals surface area contributed by atoms with Crippen LogP contribution in [0.2, 0.25) is 5.02 Å². The van der Waals surface area contributed by atoms with Gasteiger partial charge in [0.1, 0.15) is 17.9 Å². The van der Waals surface area contributed by atoms with E-state index in [-0.39, 0.29) is 12.0 Å². The van der Waals surface area contributed by atoms with Crippen LogP contribution in [-0.4, -0.2) is 50.9 Å². The Kier molecular flexibility index (Phi) is 5.62. The number of aliphatic hydroxyl groups excluding tert-OH is 1. The zero-order valence-corrected chi connectivity index (χ0v) is 16.6. The van der Waals surface area contributed by atoms with Crippen LogP contribution in [0.1, 0.15) is 12.5 Å². The van der Waals surface area contributed by atoms with Crippen molar-refractivity contribution in [2.45, 2.75) is 31.6 Å². The molecule has 0 amide bonds. The number of esters is 1. The molecule has 150 valence electrons. The number of nitrogens with one attached hydrogen (secondary N) is 1. The van der Waals surface area contributed by atoms with Crippen LogP contribution in [-0.2, 0) is 16.0 Å². The quantitative estimate of drug-likeness (QED) is 0.625. The van der Waals surface area contributed by atoms with Crippen molar-refractivity contribution in [3.63, 3.8) is 0 Å². The molecule has 0 unspecified atom stereocenters. The van der Waals surface area contributed by atoms with Crippen molar-refractivity contribution in [3.8, 4) is 16.9 Å². The Balaban J connectivity index is 1.46. The second-order valence-corrected chi connectivity index (χ2v) is 7.52. The van der Waals surface area contributed by atoms with E-state index in [4.69, 9.17) is 16.3 Å². The molecular formula is C21H21ClN4O3. The highest BCUT2D eigenvalue weighted by atomic mass is 35.5. The summed E-state index contributed by atoms with van der Waals surface area (Å²) < 4.78 is 6.97. The minimum atomic E-state index is -0.689. The van der Waals surface area contributed by atoms with Crippen LogP contribution >= 0.6 is 11.6 Å². The predicted molar refractivity (Wildman–Crippen MR) is 109 cm³/mol. The van der Waals surface area contributed by atoms with E-state index in [0.717, 1.165) is 22.5 Å². The van der Waals surface area contributed by atoms with Crippen LogP contribution in [0.25, 0.3) is 16.9 Å². The molecule has 4 rings (SSSR count). The first kappa shape index (κ1) is 19.6. The molecule has 1 fully saturated rings. The summed E-state index contributed by atoms with van der Waals surface area (Å²) in [4.78, 5) is 11.3. The molecule has 0 radical (unpaired) electrons. The average molecular weight is 413 g/mol. The van der Waals surface area contributed by atoms with Gasteiger partial charge in [-0.15, -0.1) is 5.10 Å². The van der Waals surface area contributed by atoms with Crippen LogP contribution < -0.4 is 5.32 Å². The van der Waals surface area contributed by atoms with Gasteiger partial charge >= 0.3 is 5.97 Å². The fourth-order valence-electron chi connectivity index (χ4n) is 3.49. The zero-order valence-electron chi connectivity index (χ0n) is 15.8. The number of hydrogen-bond acceptors (Lipinski definition) is 6. The highest BCUT2D eigenvalue weighted by Crippen LogP contribution is 2.22. The summed E-state index contributed by atoms with van der Waals surface area (Å²) in [6.07, 6.45) is 1.29. The predicted octanol–water partition coefficient (Wildman–Crippen LogP) is 2.39. The van der Waals surface area contributed by atoms with Gasteiger partial charge in [0.15, 0.2) is 0 Å². The highest BCUT2D eigenvalue weighted by Gasteiger charge is 2.37. The first-order valence-electron chi connectivity index (χ1n) is 9.36. The lowest BCUT2D eigenvalue weighted by molar-refractivity contribution is -0.151. The molecule has 3 atom stereocenters. The van der Waals surface area contributed by atoms with E-state index in [1.807, 2.05) is 54.7 Å². The number of carbonyl (C=O) groups is 1. The van der Waals surface area contributed by atoms with E-state index >= 15 is 0 Å². The highest BCUT2D eigenvalue weighted by molar-refractivity contribution is 6.30. The van der Waals surface area contributed by atoms with Gasteiger partial charge in [-0.2, -0.15) is 0 Å². The molecule has 1 aliphatic heterocycles. The molecule has 3 aromatic rings. The Labute approximate surface area is 173 Å². The van der Waals surface area contributed by atoms with Crippen molar-refractivity contribution < 1.29 is 14.6 Å². The Hall–Kier alpha value is -2.74. The van der Waals surface area contributed by atoms with Gasteiger partial charge in [0, 0.05) is 24.1 Å². The molecule has 2 heterocycles. The van der Waals surface area contributed by atoms with Gasteiger partial charge in [0.05, 0.1) is 17.9 Å². The van der Waals surface area contributed by atoms with E-state index < -0.39 is 12.2 Å². The van der Waals surface area contributed by atoms with Crippen LogP contribution in [0.4, 0.5) is 0 Å². The topological polar surface area (TPSA) is 89.3 Å². The third kappa shape index (κ3) is 4.48. The Morgan fingerprint density at radius 3 is 2.66 bits per heavy atom. The third-order valence-corrected chi connectivity index (χ3v) is 5.21. The number of rotatable bonds is 5. The van der Waals surface area contributed by atoms with E-state index in [2.05, 4.69) is 15.6 Å². The largest absolute Gasteiger partial charge is 0.458 e. The van der Waals surface area contributed by atoms with Crippen molar-refractivity contribution in [2.75, 3.05) is 6.54 Å². The lowest BCUT2D eigenvalue weighted by Crippen LogP contribution is -2.38. The van der Waals surface area contributed by atoms with Crippen molar-refractivity contribution in [2.24, 2.45) is 0 Å². The molecule has 0 saturated carbocycles. The fourth-order valence-corrected chi connectivity index (χ4v) is 3.62. The second-order valence-electron chi connectivity index (χ2n) is 7.08. The van der Waals surface area contributed by atoms with E-state index in [1.54, 1.807) is 4.68 Å².